The van der Waals surface area contributed by atoms with E-state index in [1.165, 1.54) is 13.8 Å². The Morgan fingerprint density at radius 2 is 1.95 bits per heavy atom. The van der Waals surface area contributed by atoms with Crippen molar-refractivity contribution >= 4 is 11.9 Å². The summed E-state index contributed by atoms with van der Waals surface area (Å²) in [6.07, 6.45) is -0.0564. The lowest BCUT2D eigenvalue weighted by Gasteiger charge is -2.18. The number of carbonyl (C=O) groups is 2. The lowest BCUT2D eigenvalue weighted by Crippen LogP contribution is -2.33. The van der Waals surface area contributed by atoms with E-state index < -0.39 is 11.4 Å². The summed E-state index contributed by atoms with van der Waals surface area (Å²) in [5.41, 5.74) is -0.195. The normalized spacial score (nSPS) is 10.9. The van der Waals surface area contributed by atoms with Crippen LogP contribution < -0.4 is 10.1 Å². The van der Waals surface area contributed by atoms with Crippen molar-refractivity contribution in [3.8, 4) is 5.75 Å². The molecule has 0 saturated carbocycles. The zero-order chi connectivity index (χ0) is 15.2. The average molecular weight is 279 g/mol. The van der Waals surface area contributed by atoms with Crippen molar-refractivity contribution in [1.82, 2.24) is 5.32 Å². The Kier molecular flexibility index (Phi) is 5.55. The summed E-state index contributed by atoms with van der Waals surface area (Å²) >= 11 is 0. The summed E-state index contributed by atoms with van der Waals surface area (Å²) in [4.78, 5) is 22.8. The summed E-state index contributed by atoms with van der Waals surface area (Å²) in [6, 6.07) is 7.44. The highest BCUT2D eigenvalue weighted by atomic mass is 16.5. The average Bonchev–Trinajstić information content (AvgIpc) is 2.37. The molecule has 0 unspecified atom stereocenters. The van der Waals surface area contributed by atoms with Gasteiger partial charge in [-0.25, -0.2) is 0 Å². The summed E-state index contributed by atoms with van der Waals surface area (Å²) in [5, 5.41) is 11.7. The van der Waals surface area contributed by atoms with Gasteiger partial charge in [0.25, 0.3) is 0 Å². The standard InChI is InChI=1S/C15H21NO4/c1-4-20-12-8-6-5-7-11(12)10-16-13(17)9-15(2,3)14(18)19/h5-8H,4,9-10H2,1-3H3,(H,16,17)(H,18,19). The molecule has 0 aromatic heterocycles. The van der Waals surface area contributed by atoms with Crippen LogP contribution in [0.3, 0.4) is 0 Å². The van der Waals surface area contributed by atoms with Gasteiger partial charge in [0.2, 0.25) is 5.91 Å². The number of aliphatic carboxylic acids is 1. The van der Waals surface area contributed by atoms with Crippen molar-refractivity contribution in [2.45, 2.75) is 33.7 Å². The second-order valence-corrected chi connectivity index (χ2v) is 5.18. The highest BCUT2D eigenvalue weighted by Crippen LogP contribution is 2.21. The third kappa shape index (κ3) is 4.57. The molecule has 0 bridgehead atoms. The Labute approximate surface area is 118 Å². The van der Waals surface area contributed by atoms with Gasteiger partial charge in [0.05, 0.1) is 12.0 Å². The minimum atomic E-state index is -1.07. The third-order valence-corrected chi connectivity index (χ3v) is 2.93. The van der Waals surface area contributed by atoms with Crippen LogP contribution in [0.4, 0.5) is 0 Å². The summed E-state index contributed by atoms with van der Waals surface area (Å²) in [7, 11) is 0. The fraction of sp³-hybridized carbons (Fsp3) is 0.467. The Morgan fingerprint density at radius 1 is 1.30 bits per heavy atom. The molecule has 0 saturated heterocycles. The zero-order valence-electron chi connectivity index (χ0n) is 12.1. The molecule has 0 heterocycles. The Hall–Kier alpha value is -2.04. The van der Waals surface area contributed by atoms with Crippen LogP contribution >= 0.6 is 0 Å². The molecule has 1 aromatic carbocycles. The Balaban J connectivity index is 2.59. The minimum Gasteiger partial charge on any atom is -0.494 e. The molecule has 5 heteroatoms. The molecule has 0 aliphatic carbocycles. The van der Waals surface area contributed by atoms with Gasteiger partial charge >= 0.3 is 5.97 Å². The van der Waals surface area contributed by atoms with E-state index in [0.717, 1.165) is 11.3 Å². The van der Waals surface area contributed by atoms with Gasteiger partial charge in [0, 0.05) is 18.5 Å². The topological polar surface area (TPSA) is 75.6 Å². The highest BCUT2D eigenvalue weighted by Gasteiger charge is 2.29. The van der Waals surface area contributed by atoms with Crippen molar-refractivity contribution < 1.29 is 19.4 Å². The highest BCUT2D eigenvalue weighted by molar-refractivity contribution is 5.84. The van der Waals surface area contributed by atoms with Crippen LogP contribution in [0.25, 0.3) is 0 Å². The van der Waals surface area contributed by atoms with E-state index in [-0.39, 0.29) is 12.3 Å². The molecule has 20 heavy (non-hydrogen) atoms. The van der Waals surface area contributed by atoms with Gasteiger partial charge in [0.1, 0.15) is 5.75 Å². The largest absolute Gasteiger partial charge is 0.494 e. The molecule has 1 amide bonds. The van der Waals surface area contributed by atoms with Crippen molar-refractivity contribution in [2.75, 3.05) is 6.61 Å². The van der Waals surface area contributed by atoms with Gasteiger partial charge in [0.15, 0.2) is 0 Å². The van der Waals surface area contributed by atoms with Gasteiger partial charge < -0.3 is 15.2 Å². The first-order valence-electron chi connectivity index (χ1n) is 6.57. The van der Waals surface area contributed by atoms with Gasteiger partial charge in [-0.15, -0.1) is 0 Å². The number of carboxylic acids is 1. The van der Waals surface area contributed by atoms with Crippen LogP contribution in [-0.2, 0) is 16.1 Å². The lowest BCUT2D eigenvalue weighted by molar-refractivity contribution is -0.149. The molecule has 0 fully saturated rings. The van der Waals surface area contributed by atoms with Crippen LogP contribution in [0.5, 0.6) is 5.75 Å². The van der Waals surface area contributed by atoms with E-state index in [9.17, 15) is 9.59 Å². The SMILES string of the molecule is CCOc1ccccc1CNC(=O)CC(C)(C)C(=O)O. The van der Waals surface area contributed by atoms with E-state index in [1.807, 2.05) is 31.2 Å². The molecule has 0 atom stereocenters. The van der Waals surface area contributed by atoms with E-state index in [4.69, 9.17) is 9.84 Å². The quantitative estimate of drug-likeness (QED) is 0.802. The fourth-order valence-corrected chi connectivity index (χ4v) is 1.68. The Morgan fingerprint density at radius 3 is 2.55 bits per heavy atom. The molecule has 2 N–H and O–H groups in total. The molecule has 0 radical (unpaired) electrons. The Bertz CT molecular complexity index is 483. The molecule has 5 nitrogen and oxygen atoms in total. The first-order chi connectivity index (χ1) is 9.36. The van der Waals surface area contributed by atoms with E-state index in [2.05, 4.69) is 5.32 Å². The van der Waals surface area contributed by atoms with E-state index >= 15 is 0 Å². The summed E-state index contributed by atoms with van der Waals surface area (Å²) < 4.78 is 5.46. The lowest BCUT2D eigenvalue weighted by atomic mass is 9.89. The van der Waals surface area contributed by atoms with Crippen LogP contribution in [0.15, 0.2) is 24.3 Å². The summed E-state index contributed by atoms with van der Waals surface area (Å²) in [5.74, 6) is -0.543. The molecule has 0 aliphatic heterocycles. The van der Waals surface area contributed by atoms with E-state index in [0.29, 0.717) is 13.2 Å². The second kappa shape index (κ2) is 6.93. The number of carbonyl (C=O) groups excluding carboxylic acids is 1. The van der Waals surface area contributed by atoms with Crippen molar-refractivity contribution in [3.63, 3.8) is 0 Å². The predicted molar refractivity (Wildman–Crippen MR) is 75.5 cm³/mol. The number of hydrogen-bond donors (Lipinski definition) is 2. The van der Waals surface area contributed by atoms with Gasteiger partial charge in [-0.05, 0) is 26.8 Å². The van der Waals surface area contributed by atoms with Crippen LogP contribution in [0.1, 0.15) is 32.8 Å². The maximum Gasteiger partial charge on any atom is 0.309 e. The smallest absolute Gasteiger partial charge is 0.309 e. The van der Waals surface area contributed by atoms with Gasteiger partial charge in [-0.2, -0.15) is 0 Å². The zero-order valence-corrected chi connectivity index (χ0v) is 12.1. The van der Waals surface area contributed by atoms with Crippen molar-refractivity contribution in [3.05, 3.63) is 29.8 Å². The number of carboxylic acid groups (broad SMARTS) is 1. The number of nitrogens with one attached hydrogen (secondary N) is 1. The number of rotatable bonds is 7. The van der Waals surface area contributed by atoms with Crippen LogP contribution in [-0.4, -0.2) is 23.6 Å². The number of amides is 1. The van der Waals surface area contributed by atoms with Crippen LogP contribution in [0, 0.1) is 5.41 Å². The number of hydrogen-bond acceptors (Lipinski definition) is 3. The maximum absolute atomic E-state index is 11.8. The fourth-order valence-electron chi connectivity index (χ4n) is 1.68. The first-order valence-corrected chi connectivity index (χ1v) is 6.57. The maximum atomic E-state index is 11.8. The number of benzene rings is 1. The minimum absolute atomic E-state index is 0.0564. The number of para-hydroxylation sites is 1. The molecule has 0 spiro atoms. The molecular formula is C15H21NO4. The first kappa shape index (κ1) is 16.0. The molecule has 110 valence electrons. The monoisotopic (exact) mass is 279 g/mol. The molecule has 0 aliphatic rings. The number of ether oxygens (including phenoxy) is 1. The van der Waals surface area contributed by atoms with E-state index in [1.54, 1.807) is 0 Å². The molecule has 1 aromatic rings. The molecular weight excluding hydrogens is 258 g/mol. The third-order valence-electron chi connectivity index (χ3n) is 2.93. The van der Waals surface area contributed by atoms with Crippen molar-refractivity contribution in [2.24, 2.45) is 5.41 Å². The van der Waals surface area contributed by atoms with Gasteiger partial charge in [-0.3, -0.25) is 9.59 Å². The second-order valence-electron chi connectivity index (χ2n) is 5.18. The predicted octanol–water partition coefficient (Wildman–Crippen LogP) is 2.20. The summed E-state index contributed by atoms with van der Waals surface area (Å²) in [6.45, 7) is 5.83. The molecule has 1 rings (SSSR count). The van der Waals surface area contributed by atoms with Crippen LogP contribution in [0.2, 0.25) is 0 Å². The van der Waals surface area contributed by atoms with Crippen molar-refractivity contribution in [1.29, 1.82) is 0 Å². The van der Waals surface area contributed by atoms with Gasteiger partial charge in [-0.1, -0.05) is 18.2 Å².